The molecule has 0 spiro atoms. The topological polar surface area (TPSA) is 52.6 Å². The Morgan fingerprint density at radius 2 is 0.923 bits per heavy atom. The summed E-state index contributed by atoms with van der Waals surface area (Å²) in [6, 6.07) is 14.8. The van der Waals surface area contributed by atoms with E-state index < -0.39 is 0 Å². The van der Waals surface area contributed by atoms with Gasteiger partial charge in [0.15, 0.2) is 11.5 Å². The van der Waals surface area contributed by atoms with Crippen LogP contribution in [0.3, 0.4) is 0 Å². The van der Waals surface area contributed by atoms with E-state index in [0.29, 0.717) is 11.1 Å². The Morgan fingerprint density at radius 1 is 0.577 bits per heavy atom. The molecule has 0 N–H and O–H groups in total. The third-order valence-electron chi connectivity index (χ3n) is 4.65. The van der Waals surface area contributed by atoms with E-state index in [4.69, 9.17) is 9.47 Å². The van der Waals surface area contributed by atoms with Gasteiger partial charge in [-0.25, -0.2) is 0 Å². The summed E-state index contributed by atoms with van der Waals surface area (Å²) in [6.45, 7) is 0. The van der Waals surface area contributed by atoms with Gasteiger partial charge in [-0.05, 0) is 34.4 Å². The predicted molar refractivity (Wildman–Crippen MR) is 98.5 cm³/mol. The van der Waals surface area contributed by atoms with Gasteiger partial charge in [0, 0.05) is 11.1 Å². The van der Waals surface area contributed by atoms with Crippen LogP contribution in [-0.2, 0) is 9.47 Å². The molecule has 0 radical (unpaired) electrons. The molecular formula is C22H16O4. The average Bonchev–Trinajstić information content (AvgIpc) is 2.69. The molecule has 0 unspecified atom stereocenters. The number of carbonyl (C=O) groups is 2. The summed E-state index contributed by atoms with van der Waals surface area (Å²) in [5, 5.41) is 0. The standard InChI is InChI=1S/C22H16O4/c1-25-19-11-17(13-7-3-5-9-15(13)21(19)23)18-12-20(26-2)22(24)16-10-6-4-8-14(16)18/h3-12H,1-2H3/b18-17+. The zero-order valence-corrected chi connectivity index (χ0v) is 14.4. The van der Waals surface area contributed by atoms with Gasteiger partial charge >= 0.3 is 0 Å². The number of allylic oxidation sites excluding steroid dienone is 6. The van der Waals surface area contributed by atoms with Crippen LogP contribution in [0, 0.1) is 0 Å². The van der Waals surface area contributed by atoms with Crippen molar-refractivity contribution in [2.45, 2.75) is 0 Å². The van der Waals surface area contributed by atoms with Crippen molar-refractivity contribution in [1.29, 1.82) is 0 Å². The first-order valence-electron chi connectivity index (χ1n) is 8.19. The van der Waals surface area contributed by atoms with Gasteiger partial charge in [-0.2, -0.15) is 0 Å². The summed E-state index contributed by atoms with van der Waals surface area (Å²) in [5.74, 6) is 0.244. The maximum Gasteiger partial charge on any atom is 0.228 e. The fourth-order valence-corrected chi connectivity index (χ4v) is 3.40. The number of Topliss-reactive ketones (excluding diaryl/α,β-unsaturated/α-hetero) is 2. The van der Waals surface area contributed by atoms with Crippen LogP contribution < -0.4 is 0 Å². The molecule has 128 valence electrons. The number of methoxy groups -OCH3 is 2. The molecule has 2 aromatic rings. The molecule has 2 aliphatic carbocycles. The molecule has 0 saturated carbocycles. The number of fused-ring (bicyclic) bond motifs is 2. The summed E-state index contributed by atoms with van der Waals surface area (Å²) in [5.41, 5.74) is 4.43. The first-order valence-corrected chi connectivity index (χ1v) is 8.19. The number of carbonyl (C=O) groups excluding carboxylic acids is 2. The van der Waals surface area contributed by atoms with Crippen LogP contribution in [0.2, 0.25) is 0 Å². The van der Waals surface area contributed by atoms with Crippen molar-refractivity contribution in [3.05, 3.63) is 94.5 Å². The monoisotopic (exact) mass is 344 g/mol. The highest BCUT2D eigenvalue weighted by atomic mass is 16.5. The van der Waals surface area contributed by atoms with Crippen LogP contribution in [-0.4, -0.2) is 25.8 Å². The van der Waals surface area contributed by atoms with Crippen molar-refractivity contribution in [2.24, 2.45) is 0 Å². The molecule has 26 heavy (non-hydrogen) atoms. The Kier molecular flexibility index (Phi) is 3.81. The lowest BCUT2D eigenvalue weighted by molar-refractivity contribution is 0.0944. The van der Waals surface area contributed by atoms with Crippen LogP contribution >= 0.6 is 0 Å². The highest BCUT2D eigenvalue weighted by molar-refractivity contribution is 6.22. The Hall–Kier alpha value is -3.40. The van der Waals surface area contributed by atoms with Gasteiger partial charge in [0.2, 0.25) is 11.6 Å². The second-order valence-corrected chi connectivity index (χ2v) is 6.00. The summed E-state index contributed by atoms with van der Waals surface area (Å²) >= 11 is 0. The van der Waals surface area contributed by atoms with Crippen LogP contribution in [0.5, 0.6) is 0 Å². The van der Waals surface area contributed by atoms with E-state index in [1.54, 1.807) is 24.3 Å². The second kappa shape index (κ2) is 6.15. The molecule has 0 atom stereocenters. The number of hydrogen-bond acceptors (Lipinski definition) is 4. The molecule has 0 fully saturated rings. The molecule has 0 saturated heterocycles. The normalized spacial score (nSPS) is 18.5. The van der Waals surface area contributed by atoms with Crippen LogP contribution in [0.15, 0.2) is 72.2 Å². The van der Waals surface area contributed by atoms with Gasteiger partial charge in [0.1, 0.15) is 0 Å². The smallest absolute Gasteiger partial charge is 0.228 e. The molecule has 4 nitrogen and oxygen atoms in total. The summed E-state index contributed by atoms with van der Waals surface area (Å²) in [7, 11) is 2.96. The van der Waals surface area contributed by atoms with E-state index >= 15 is 0 Å². The SMILES string of the molecule is COC1=C/C(=C2/C=C(OC)C(=O)c3ccccc32)c2ccccc2C1=O. The first kappa shape index (κ1) is 16.1. The third kappa shape index (κ3) is 2.30. The first-order chi connectivity index (χ1) is 12.7. The number of hydrogen-bond donors (Lipinski definition) is 0. The zero-order chi connectivity index (χ0) is 18.3. The van der Waals surface area contributed by atoms with Crippen molar-refractivity contribution < 1.29 is 19.1 Å². The van der Waals surface area contributed by atoms with Crippen molar-refractivity contribution in [1.82, 2.24) is 0 Å². The lowest BCUT2D eigenvalue weighted by Crippen LogP contribution is -2.16. The second-order valence-electron chi connectivity index (χ2n) is 6.00. The number of benzene rings is 2. The molecule has 0 amide bonds. The quantitative estimate of drug-likeness (QED) is 0.825. The summed E-state index contributed by atoms with van der Waals surface area (Å²) < 4.78 is 10.6. The van der Waals surface area contributed by atoms with E-state index in [0.717, 1.165) is 22.3 Å². The van der Waals surface area contributed by atoms with Gasteiger partial charge in [0.05, 0.1) is 14.2 Å². The van der Waals surface area contributed by atoms with Gasteiger partial charge in [-0.3, -0.25) is 9.59 Å². The molecular weight excluding hydrogens is 328 g/mol. The Bertz CT molecular complexity index is 954. The lowest BCUT2D eigenvalue weighted by atomic mass is 9.82. The number of ether oxygens (including phenoxy) is 2. The minimum absolute atomic E-state index is 0.149. The van der Waals surface area contributed by atoms with Crippen molar-refractivity contribution in [3.8, 4) is 0 Å². The highest BCUT2D eigenvalue weighted by Gasteiger charge is 2.30. The highest BCUT2D eigenvalue weighted by Crippen LogP contribution is 2.39. The van der Waals surface area contributed by atoms with E-state index in [9.17, 15) is 9.59 Å². The Morgan fingerprint density at radius 3 is 1.27 bits per heavy atom. The van der Waals surface area contributed by atoms with Crippen LogP contribution in [0.4, 0.5) is 0 Å². The van der Waals surface area contributed by atoms with E-state index in [-0.39, 0.29) is 23.1 Å². The Labute approximate surface area is 151 Å². The molecule has 0 aromatic heterocycles. The van der Waals surface area contributed by atoms with Gasteiger partial charge in [-0.15, -0.1) is 0 Å². The summed E-state index contributed by atoms with van der Waals surface area (Å²) in [6.07, 6.45) is 3.46. The van der Waals surface area contributed by atoms with Crippen molar-refractivity contribution in [3.63, 3.8) is 0 Å². The third-order valence-corrected chi connectivity index (χ3v) is 4.65. The maximum atomic E-state index is 12.6. The van der Waals surface area contributed by atoms with Crippen molar-refractivity contribution in [2.75, 3.05) is 14.2 Å². The molecule has 0 bridgehead atoms. The maximum absolute atomic E-state index is 12.6. The summed E-state index contributed by atoms with van der Waals surface area (Å²) in [4.78, 5) is 25.2. The van der Waals surface area contributed by atoms with Crippen LogP contribution in [0.25, 0.3) is 11.1 Å². The molecule has 4 heteroatoms. The van der Waals surface area contributed by atoms with Crippen molar-refractivity contribution >= 4 is 22.7 Å². The van der Waals surface area contributed by atoms with Gasteiger partial charge < -0.3 is 9.47 Å². The Balaban J connectivity index is 2.09. The molecule has 4 rings (SSSR count). The minimum Gasteiger partial charge on any atom is -0.493 e. The number of ketones is 2. The van der Waals surface area contributed by atoms with E-state index in [1.807, 2.05) is 36.4 Å². The zero-order valence-electron chi connectivity index (χ0n) is 14.4. The molecule has 2 aromatic carbocycles. The van der Waals surface area contributed by atoms with Gasteiger partial charge in [-0.1, -0.05) is 48.5 Å². The molecule has 2 aliphatic rings. The number of rotatable bonds is 2. The van der Waals surface area contributed by atoms with E-state index in [2.05, 4.69) is 0 Å². The van der Waals surface area contributed by atoms with Gasteiger partial charge in [0.25, 0.3) is 0 Å². The lowest BCUT2D eigenvalue weighted by Gasteiger charge is -2.23. The van der Waals surface area contributed by atoms with Crippen LogP contribution in [0.1, 0.15) is 31.8 Å². The fourth-order valence-electron chi connectivity index (χ4n) is 3.40. The molecule has 0 heterocycles. The predicted octanol–water partition coefficient (Wildman–Crippen LogP) is 4.05. The fraction of sp³-hybridized carbons (Fsp3) is 0.0909. The largest absolute Gasteiger partial charge is 0.493 e. The van der Waals surface area contributed by atoms with E-state index in [1.165, 1.54) is 14.2 Å². The minimum atomic E-state index is -0.149. The molecule has 0 aliphatic heterocycles. The average molecular weight is 344 g/mol.